The van der Waals surface area contributed by atoms with E-state index in [9.17, 15) is 0 Å². The van der Waals surface area contributed by atoms with E-state index in [-0.39, 0.29) is 0 Å². The Balaban J connectivity index is 0.000000461. The van der Waals surface area contributed by atoms with Gasteiger partial charge < -0.3 is 4.74 Å². The van der Waals surface area contributed by atoms with Crippen molar-refractivity contribution in [3.8, 4) is 0 Å². The van der Waals surface area contributed by atoms with Crippen molar-refractivity contribution in [1.29, 1.82) is 0 Å². The zero-order valence-electron chi connectivity index (χ0n) is 7.50. The summed E-state index contributed by atoms with van der Waals surface area (Å²) in [6.07, 6.45) is 11.0. The highest BCUT2D eigenvalue weighted by atomic mass is 16.5. The lowest BCUT2D eigenvalue weighted by molar-refractivity contribution is 0.306. The second kappa shape index (κ2) is 7.13. The summed E-state index contributed by atoms with van der Waals surface area (Å²) in [5.74, 6) is 0.944. The summed E-state index contributed by atoms with van der Waals surface area (Å²) in [7, 11) is 1.68. The van der Waals surface area contributed by atoms with Gasteiger partial charge in [0.15, 0.2) is 0 Å². The number of hydrogen-bond acceptors (Lipinski definition) is 1. The molecule has 1 rings (SSSR count). The summed E-state index contributed by atoms with van der Waals surface area (Å²) in [6, 6.07) is 0. The molecule has 0 aromatic heterocycles. The quantitative estimate of drug-likeness (QED) is 0.561. The van der Waals surface area contributed by atoms with Crippen molar-refractivity contribution in [3.63, 3.8) is 0 Å². The fraction of sp³-hybridized carbons (Fsp3) is 0.400. The van der Waals surface area contributed by atoms with Crippen LogP contribution in [-0.4, -0.2) is 7.11 Å². The van der Waals surface area contributed by atoms with Crippen LogP contribution < -0.4 is 0 Å². The van der Waals surface area contributed by atoms with Crippen LogP contribution in [-0.2, 0) is 4.74 Å². The highest BCUT2D eigenvalue weighted by molar-refractivity contribution is 5.21. The molecule has 1 heteroatoms. The molecule has 0 aliphatic heterocycles. The number of methoxy groups -OCH3 is 1. The summed E-state index contributed by atoms with van der Waals surface area (Å²) in [6.45, 7) is 4.00. The van der Waals surface area contributed by atoms with Crippen LogP contribution in [0.25, 0.3) is 0 Å². The van der Waals surface area contributed by atoms with Gasteiger partial charge in [-0.05, 0) is 18.6 Å². The molecule has 0 aromatic rings. The fourth-order valence-corrected chi connectivity index (χ4v) is 0.711. The number of ether oxygens (including phenoxy) is 1. The summed E-state index contributed by atoms with van der Waals surface area (Å²) in [5.41, 5.74) is 0. The Morgan fingerprint density at radius 2 is 2.00 bits per heavy atom. The second-order valence-corrected chi connectivity index (χ2v) is 1.83. The van der Waals surface area contributed by atoms with E-state index in [0.29, 0.717) is 0 Å². The van der Waals surface area contributed by atoms with Crippen molar-refractivity contribution < 1.29 is 4.74 Å². The minimum atomic E-state index is 0.944. The van der Waals surface area contributed by atoms with Crippen LogP contribution in [0.15, 0.2) is 36.1 Å². The predicted octanol–water partition coefficient (Wildman–Crippen LogP) is 3.06. The molecule has 0 aromatic carbocycles. The molecule has 0 unspecified atom stereocenters. The van der Waals surface area contributed by atoms with Gasteiger partial charge in [0.25, 0.3) is 0 Å². The van der Waals surface area contributed by atoms with Gasteiger partial charge in [-0.15, -0.1) is 0 Å². The van der Waals surface area contributed by atoms with Gasteiger partial charge in [0, 0.05) is 0 Å². The molecule has 0 amide bonds. The maximum Gasteiger partial charge on any atom is 0.115 e. The van der Waals surface area contributed by atoms with Crippen LogP contribution in [0.3, 0.4) is 0 Å². The summed E-state index contributed by atoms with van der Waals surface area (Å²) in [5, 5.41) is 0. The normalized spacial score (nSPS) is 14.3. The van der Waals surface area contributed by atoms with E-state index in [1.165, 1.54) is 0 Å². The standard InChI is InChI=1S/C8H10O.C2H6/c1-9-8-6-4-2-3-5-7-8;1-2/h2-4,6-7H,5H2,1H3;1-2H3. The Kier molecular flexibility index (Phi) is 6.50. The molecule has 0 saturated carbocycles. The maximum absolute atomic E-state index is 5.01. The molecule has 0 N–H and O–H groups in total. The summed E-state index contributed by atoms with van der Waals surface area (Å²) < 4.78 is 5.01. The zero-order chi connectivity index (χ0) is 8.53. The van der Waals surface area contributed by atoms with Gasteiger partial charge >= 0.3 is 0 Å². The largest absolute Gasteiger partial charge is 0.497 e. The van der Waals surface area contributed by atoms with Gasteiger partial charge in [0.1, 0.15) is 5.76 Å². The Hall–Kier alpha value is -0.980. The van der Waals surface area contributed by atoms with Crippen molar-refractivity contribution >= 4 is 0 Å². The average molecular weight is 152 g/mol. The minimum absolute atomic E-state index is 0.944. The van der Waals surface area contributed by atoms with Gasteiger partial charge in [0.05, 0.1) is 7.11 Å². The molecule has 1 nitrogen and oxygen atoms in total. The van der Waals surface area contributed by atoms with Gasteiger partial charge in [0.2, 0.25) is 0 Å². The third-order valence-corrected chi connectivity index (χ3v) is 1.20. The van der Waals surface area contributed by atoms with E-state index in [1.54, 1.807) is 7.11 Å². The van der Waals surface area contributed by atoms with Gasteiger partial charge in [-0.2, -0.15) is 0 Å². The topological polar surface area (TPSA) is 9.23 Å². The molecule has 0 bridgehead atoms. The first-order chi connectivity index (χ1) is 5.43. The molecule has 0 heterocycles. The molecule has 0 spiro atoms. The molecule has 62 valence electrons. The van der Waals surface area contributed by atoms with Crippen molar-refractivity contribution in [2.45, 2.75) is 20.3 Å². The van der Waals surface area contributed by atoms with E-state index < -0.39 is 0 Å². The van der Waals surface area contributed by atoms with Crippen molar-refractivity contribution in [3.05, 3.63) is 36.1 Å². The van der Waals surface area contributed by atoms with E-state index in [4.69, 9.17) is 4.74 Å². The highest BCUT2D eigenvalue weighted by Crippen LogP contribution is 2.03. The lowest BCUT2D eigenvalue weighted by Gasteiger charge is -1.95. The van der Waals surface area contributed by atoms with E-state index in [1.807, 2.05) is 38.2 Å². The smallest absolute Gasteiger partial charge is 0.115 e. The van der Waals surface area contributed by atoms with Crippen LogP contribution in [0.1, 0.15) is 20.3 Å². The van der Waals surface area contributed by atoms with E-state index in [2.05, 4.69) is 6.08 Å². The van der Waals surface area contributed by atoms with E-state index in [0.717, 1.165) is 12.2 Å². The SMILES string of the molecule is CC.COC1=CCC=CC=C1. The van der Waals surface area contributed by atoms with Crippen LogP contribution in [0.4, 0.5) is 0 Å². The molecule has 0 atom stereocenters. The third kappa shape index (κ3) is 4.43. The molecule has 1 aliphatic carbocycles. The van der Waals surface area contributed by atoms with E-state index >= 15 is 0 Å². The van der Waals surface area contributed by atoms with Crippen LogP contribution in [0, 0.1) is 0 Å². The monoisotopic (exact) mass is 152 g/mol. The Labute approximate surface area is 69.1 Å². The average Bonchev–Trinajstić information content (AvgIpc) is 2.35. The zero-order valence-corrected chi connectivity index (χ0v) is 7.50. The Morgan fingerprint density at radius 3 is 2.64 bits per heavy atom. The number of rotatable bonds is 1. The molecular weight excluding hydrogens is 136 g/mol. The van der Waals surface area contributed by atoms with Crippen molar-refractivity contribution in [2.24, 2.45) is 0 Å². The van der Waals surface area contributed by atoms with Gasteiger partial charge in [-0.25, -0.2) is 0 Å². The molecule has 0 fully saturated rings. The Morgan fingerprint density at radius 1 is 1.27 bits per heavy atom. The fourth-order valence-electron chi connectivity index (χ4n) is 0.711. The summed E-state index contributed by atoms with van der Waals surface area (Å²) in [4.78, 5) is 0. The second-order valence-electron chi connectivity index (χ2n) is 1.83. The predicted molar refractivity (Wildman–Crippen MR) is 49.3 cm³/mol. The van der Waals surface area contributed by atoms with Crippen molar-refractivity contribution in [2.75, 3.05) is 7.11 Å². The van der Waals surface area contributed by atoms with Gasteiger partial charge in [-0.1, -0.05) is 32.1 Å². The molecule has 1 aliphatic rings. The number of hydrogen-bond donors (Lipinski definition) is 0. The molecule has 11 heavy (non-hydrogen) atoms. The lowest BCUT2D eigenvalue weighted by Crippen LogP contribution is -1.78. The number of allylic oxidation sites excluding steroid dienone is 5. The minimum Gasteiger partial charge on any atom is -0.497 e. The first kappa shape index (κ1) is 10.0. The van der Waals surface area contributed by atoms with Crippen LogP contribution in [0.2, 0.25) is 0 Å². The highest BCUT2D eigenvalue weighted by Gasteiger charge is 1.87. The molecule has 0 radical (unpaired) electrons. The van der Waals surface area contributed by atoms with Crippen LogP contribution in [0.5, 0.6) is 0 Å². The van der Waals surface area contributed by atoms with Crippen molar-refractivity contribution in [1.82, 2.24) is 0 Å². The maximum atomic E-state index is 5.01. The van der Waals surface area contributed by atoms with Gasteiger partial charge in [-0.3, -0.25) is 0 Å². The first-order valence-corrected chi connectivity index (χ1v) is 4.01. The Bertz CT molecular complexity index is 164. The lowest BCUT2D eigenvalue weighted by atomic mass is 10.4. The van der Waals surface area contributed by atoms with Crippen LogP contribution >= 0.6 is 0 Å². The molecule has 0 saturated heterocycles. The summed E-state index contributed by atoms with van der Waals surface area (Å²) >= 11 is 0. The molecular formula is C10H16O. The first-order valence-electron chi connectivity index (χ1n) is 4.01. The third-order valence-electron chi connectivity index (χ3n) is 1.20.